The maximum absolute atomic E-state index is 12.4. The minimum absolute atomic E-state index is 0.104. The minimum Gasteiger partial charge on any atom is -0.397 e. The SMILES string of the molecule is CC(C)N1C(=O)C(C)(C)c2cc(N)c(N)cc21. The average Bonchev–Trinajstić information content (AvgIpc) is 2.38. The molecule has 4 heteroatoms. The van der Waals surface area contributed by atoms with Crippen LogP contribution in [0.4, 0.5) is 17.1 Å². The summed E-state index contributed by atoms with van der Waals surface area (Å²) in [5.41, 5.74) is 14.0. The van der Waals surface area contributed by atoms with E-state index in [0.29, 0.717) is 11.4 Å². The lowest BCUT2D eigenvalue weighted by Gasteiger charge is -2.24. The quantitative estimate of drug-likeness (QED) is 0.727. The van der Waals surface area contributed by atoms with Crippen LogP contribution in [0.5, 0.6) is 0 Å². The number of nitrogens with zero attached hydrogens (tertiary/aromatic N) is 1. The van der Waals surface area contributed by atoms with Gasteiger partial charge in [-0.25, -0.2) is 0 Å². The molecule has 4 N–H and O–H groups in total. The number of nitrogens with two attached hydrogens (primary N) is 2. The molecule has 4 nitrogen and oxygen atoms in total. The van der Waals surface area contributed by atoms with Crippen molar-refractivity contribution in [3.63, 3.8) is 0 Å². The molecule has 0 saturated heterocycles. The van der Waals surface area contributed by atoms with Gasteiger partial charge in [0.2, 0.25) is 5.91 Å². The molecule has 92 valence electrons. The lowest BCUT2D eigenvalue weighted by Crippen LogP contribution is -2.40. The molecule has 1 aromatic carbocycles. The molecule has 17 heavy (non-hydrogen) atoms. The summed E-state index contributed by atoms with van der Waals surface area (Å²) in [5, 5.41) is 0. The predicted octanol–water partition coefficient (Wildman–Crippen LogP) is 1.88. The van der Waals surface area contributed by atoms with Crippen molar-refractivity contribution in [2.75, 3.05) is 16.4 Å². The molecule has 0 spiro atoms. The normalized spacial score (nSPS) is 17.7. The molecular formula is C13H19N3O. The molecule has 0 fully saturated rings. The summed E-state index contributed by atoms with van der Waals surface area (Å²) < 4.78 is 0. The van der Waals surface area contributed by atoms with Gasteiger partial charge in [-0.2, -0.15) is 0 Å². The van der Waals surface area contributed by atoms with Crippen LogP contribution in [0, 0.1) is 0 Å². The van der Waals surface area contributed by atoms with Crippen molar-refractivity contribution in [3.05, 3.63) is 17.7 Å². The van der Waals surface area contributed by atoms with E-state index in [1.165, 1.54) is 0 Å². The van der Waals surface area contributed by atoms with Crippen molar-refractivity contribution in [3.8, 4) is 0 Å². The van der Waals surface area contributed by atoms with E-state index in [1.807, 2.05) is 33.8 Å². The van der Waals surface area contributed by atoms with Crippen LogP contribution in [0.3, 0.4) is 0 Å². The van der Waals surface area contributed by atoms with Gasteiger partial charge >= 0.3 is 0 Å². The van der Waals surface area contributed by atoms with Crippen LogP contribution in [0.15, 0.2) is 12.1 Å². The Hall–Kier alpha value is -1.71. The molecule has 2 rings (SSSR count). The van der Waals surface area contributed by atoms with Gasteiger partial charge in [0.1, 0.15) is 0 Å². The zero-order valence-corrected chi connectivity index (χ0v) is 10.7. The lowest BCUT2D eigenvalue weighted by molar-refractivity contribution is -0.122. The van der Waals surface area contributed by atoms with E-state index in [4.69, 9.17) is 11.5 Å². The largest absolute Gasteiger partial charge is 0.397 e. The molecule has 0 unspecified atom stereocenters. The number of hydrogen-bond acceptors (Lipinski definition) is 3. The molecule has 0 atom stereocenters. The van der Waals surface area contributed by atoms with Gasteiger partial charge in [-0.1, -0.05) is 0 Å². The highest BCUT2D eigenvalue weighted by molar-refractivity contribution is 6.09. The first-order chi connectivity index (χ1) is 7.76. The van der Waals surface area contributed by atoms with Gasteiger partial charge in [-0.05, 0) is 45.4 Å². The van der Waals surface area contributed by atoms with Gasteiger partial charge in [0.05, 0.1) is 22.5 Å². The number of carbonyl (C=O) groups is 1. The third kappa shape index (κ3) is 1.47. The lowest BCUT2D eigenvalue weighted by atomic mass is 9.86. The zero-order chi connectivity index (χ0) is 13.0. The first-order valence-corrected chi connectivity index (χ1v) is 5.80. The summed E-state index contributed by atoms with van der Waals surface area (Å²) >= 11 is 0. The highest BCUT2D eigenvalue weighted by atomic mass is 16.2. The van der Waals surface area contributed by atoms with E-state index in [9.17, 15) is 4.79 Å². The summed E-state index contributed by atoms with van der Waals surface area (Å²) in [6.07, 6.45) is 0. The Labute approximate surface area is 102 Å². The summed E-state index contributed by atoms with van der Waals surface area (Å²) in [7, 11) is 0. The van der Waals surface area contributed by atoms with Gasteiger partial charge in [-0.3, -0.25) is 4.79 Å². The molecule has 1 aromatic rings. The van der Waals surface area contributed by atoms with Crippen molar-refractivity contribution in [1.29, 1.82) is 0 Å². The molecule has 0 bridgehead atoms. The Morgan fingerprint density at radius 3 is 2.24 bits per heavy atom. The Morgan fingerprint density at radius 2 is 1.71 bits per heavy atom. The fraction of sp³-hybridized carbons (Fsp3) is 0.462. The van der Waals surface area contributed by atoms with Crippen LogP contribution in [0.2, 0.25) is 0 Å². The molecule has 0 saturated carbocycles. The molecule has 0 radical (unpaired) electrons. The number of nitrogen functional groups attached to an aromatic ring is 2. The molecule has 1 amide bonds. The summed E-state index contributed by atoms with van der Waals surface area (Å²) in [6.45, 7) is 7.84. The number of rotatable bonds is 1. The van der Waals surface area contributed by atoms with Crippen LogP contribution in [0.25, 0.3) is 0 Å². The summed E-state index contributed by atoms with van der Waals surface area (Å²) in [5.74, 6) is 0.104. The van der Waals surface area contributed by atoms with Crippen LogP contribution in [0.1, 0.15) is 33.3 Å². The van der Waals surface area contributed by atoms with Gasteiger partial charge in [0.25, 0.3) is 0 Å². The standard InChI is InChI=1S/C13H19N3O/c1-7(2)16-11-6-10(15)9(14)5-8(11)13(3,4)12(16)17/h5-7H,14-15H2,1-4H3. The van der Waals surface area contributed by atoms with Crippen LogP contribution < -0.4 is 16.4 Å². The number of benzene rings is 1. The molecule has 1 aliphatic heterocycles. The second kappa shape index (κ2) is 3.39. The highest BCUT2D eigenvalue weighted by Crippen LogP contribution is 2.44. The predicted molar refractivity (Wildman–Crippen MR) is 70.9 cm³/mol. The highest BCUT2D eigenvalue weighted by Gasteiger charge is 2.45. The molecule has 0 aromatic heterocycles. The smallest absolute Gasteiger partial charge is 0.237 e. The third-order valence-corrected chi connectivity index (χ3v) is 3.40. The monoisotopic (exact) mass is 233 g/mol. The molecular weight excluding hydrogens is 214 g/mol. The van der Waals surface area contributed by atoms with Gasteiger partial charge in [-0.15, -0.1) is 0 Å². The number of amides is 1. The first-order valence-electron chi connectivity index (χ1n) is 5.80. The maximum atomic E-state index is 12.4. The van der Waals surface area contributed by atoms with E-state index in [0.717, 1.165) is 11.3 Å². The number of anilines is 3. The molecule has 0 aliphatic carbocycles. The fourth-order valence-corrected chi connectivity index (χ4v) is 2.36. The van der Waals surface area contributed by atoms with Crippen molar-refractivity contribution in [1.82, 2.24) is 0 Å². The van der Waals surface area contributed by atoms with Crippen molar-refractivity contribution < 1.29 is 4.79 Å². The minimum atomic E-state index is -0.526. The zero-order valence-electron chi connectivity index (χ0n) is 10.7. The van der Waals surface area contributed by atoms with Gasteiger partial charge < -0.3 is 16.4 Å². The Kier molecular flexibility index (Phi) is 2.35. The molecule has 1 aliphatic rings. The number of hydrogen-bond donors (Lipinski definition) is 2. The van der Waals surface area contributed by atoms with Crippen LogP contribution >= 0.6 is 0 Å². The van der Waals surface area contributed by atoms with E-state index in [2.05, 4.69) is 0 Å². The van der Waals surface area contributed by atoms with Gasteiger partial charge in [0, 0.05) is 6.04 Å². The second-order valence-corrected chi connectivity index (χ2v) is 5.39. The van der Waals surface area contributed by atoms with Crippen LogP contribution in [-0.2, 0) is 10.2 Å². The first kappa shape index (κ1) is 11.8. The summed E-state index contributed by atoms with van der Waals surface area (Å²) in [4.78, 5) is 14.2. The summed E-state index contributed by atoms with van der Waals surface area (Å²) in [6, 6.07) is 3.74. The van der Waals surface area contributed by atoms with E-state index < -0.39 is 5.41 Å². The number of carbonyl (C=O) groups excluding carboxylic acids is 1. The van der Waals surface area contributed by atoms with Crippen molar-refractivity contribution in [2.45, 2.75) is 39.2 Å². The van der Waals surface area contributed by atoms with Crippen LogP contribution in [-0.4, -0.2) is 11.9 Å². The van der Waals surface area contributed by atoms with E-state index in [-0.39, 0.29) is 11.9 Å². The average molecular weight is 233 g/mol. The second-order valence-electron chi connectivity index (χ2n) is 5.39. The van der Waals surface area contributed by atoms with Crippen molar-refractivity contribution in [2.24, 2.45) is 0 Å². The van der Waals surface area contributed by atoms with Crippen molar-refractivity contribution >= 4 is 23.0 Å². The van der Waals surface area contributed by atoms with Gasteiger partial charge in [0.15, 0.2) is 0 Å². The molecule has 1 heterocycles. The Balaban J connectivity index is 2.70. The Bertz CT molecular complexity index is 492. The van der Waals surface area contributed by atoms with E-state index >= 15 is 0 Å². The van der Waals surface area contributed by atoms with E-state index in [1.54, 1.807) is 11.0 Å². The third-order valence-electron chi connectivity index (χ3n) is 3.40. The fourth-order valence-electron chi connectivity index (χ4n) is 2.36. The maximum Gasteiger partial charge on any atom is 0.237 e. The Morgan fingerprint density at radius 1 is 1.18 bits per heavy atom. The number of fused-ring (bicyclic) bond motifs is 1. The topological polar surface area (TPSA) is 72.3 Å².